The van der Waals surface area contributed by atoms with E-state index in [-0.39, 0.29) is 5.91 Å². The molecule has 2 heterocycles. The number of ether oxygens (including phenoxy) is 1. The molecule has 4 rings (SSSR count). The monoisotopic (exact) mass is 435 g/mol. The number of benzene rings is 2. The highest BCUT2D eigenvalue weighted by Gasteiger charge is 2.19. The van der Waals surface area contributed by atoms with Crippen molar-refractivity contribution in [2.45, 2.75) is 0 Å². The third kappa shape index (κ3) is 4.22. The highest BCUT2D eigenvalue weighted by molar-refractivity contribution is 7.21. The van der Waals surface area contributed by atoms with Crippen LogP contribution in [0.25, 0.3) is 10.1 Å². The van der Waals surface area contributed by atoms with Gasteiger partial charge in [-0.2, -0.15) is 5.10 Å². The average molecular weight is 436 g/mol. The number of nitrogens with zero attached hydrogens (tertiary/aromatic N) is 2. The van der Waals surface area contributed by atoms with Crippen LogP contribution in [-0.4, -0.2) is 23.1 Å². The number of amides is 1. The zero-order valence-electron chi connectivity index (χ0n) is 15.4. The average Bonchev–Trinajstić information content (AvgIpc) is 3.12. The SMILES string of the molecule is O=C(NN=Cc1ccccc1OC(=O)c1sc2ccccc2c1Cl)c1ccncc1. The van der Waals surface area contributed by atoms with Crippen LogP contribution in [0, 0.1) is 0 Å². The molecule has 0 aliphatic heterocycles. The molecule has 0 saturated carbocycles. The largest absolute Gasteiger partial charge is 0.422 e. The summed E-state index contributed by atoms with van der Waals surface area (Å²) in [5, 5.41) is 5.13. The van der Waals surface area contributed by atoms with Gasteiger partial charge in [0.1, 0.15) is 10.6 Å². The summed E-state index contributed by atoms with van der Waals surface area (Å²) in [4.78, 5) is 29.0. The lowest BCUT2D eigenvalue weighted by atomic mass is 10.2. The molecule has 0 bridgehead atoms. The van der Waals surface area contributed by atoms with Crippen molar-refractivity contribution in [3.63, 3.8) is 0 Å². The normalized spacial score (nSPS) is 11.0. The van der Waals surface area contributed by atoms with Crippen LogP contribution in [0.2, 0.25) is 5.02 Å². The smallest absolute Gasteiger partial charge is 0.355 e. The Bertz CT molecular complexity index is 1250. The summed E-state index contributed by atoms with van der Waals surface area (Å²) in [6.45, 7) is 0. The number of rotatable bonds is 5. The Morgan fingerprint density at radius 1 is 1.03 bits per heavy atom. The third-order valence-electron chi connectivity index (χ3n) is 4.15. The molecule has 148 valence electrons. The fourth-order valence-corrected chi connectivity index (χ4v) is 4.08. The van der Waals surface area contributed by atoms with Crippen LogP contribution in [0.5, 0.6) is 5.75 Å². The van der Waals surface area contributed by atoms with Gasteiger partial charge in [-0.3, -0.25) is 9.78 Å². The van der Waals surface area contributed by atoms with Crippen LogP contribution in [-0.2, 0) is 0 Å². The van der Waals surface area contributed by atoms with Crippen LogP contribution in [0.4, 0.5) is 0 Å². The van der Waals surface area contributed by atoms with Gasteiger partial charge in [0.05, 0.1) is 11.2 Å². The second-order valence-electron chi connectivity index (χ2n) is 6.10. The van der Waals surface area contributed by atoms with Gasteiger partial charge in [-0.15, -0.1) is 11.3 Å². The van der Waals surface area contributed by atoms with E-state index in [1.54, 1.807) is 36.4 Å². The Hall–Kier alpha value is -3.55. The van der Waals surface area contributed by atoms with Gasteiger partial charge in [-0.05, 0) is 30.3 Å². The number of fused-ring (bicyclic) bond motifs is 1. The number of para-hydroxylation sites is 1. The fourth-order valence-electron chi connectivity index (χ4n) is 2.70. The second-order valence-corrected chi connectivity index (χ2v) is 7.53. The molecule has 0 saturated heterocycles. The number of aromatic nitrogens is 1. The van der Waals surface area contributed by atoms with Gasteiger partial charge in [0.25, 0.3) is 5.91 Å². The first-order valence-electron chi connectivity index (χ1n) is 8.85. The molecule has 0 unspecified atom stereocenters. The summed E-state index contributed by atoms with van der Waals surface area (Å²) in [6, 6.07) is 17.5. The minimum atomic E-state index is -0.553. The van der Waals surface area contributed by atoms with Gasteiger partial charge >= 0.3 is 5.97 Å². The van der Waals surface area contributed by atoms with Crippen LogP contribution in [0.3, 0.4) is 0 Å². The predicted octanol–water partition coefficient (Wildman–Crippen LogP) is 4.93. The van der Waals surface area contributed by atoms with Crippen molar-refractivity contribution in [1.29, 1.82) is 0 Å². The van der Waals surface area contributed by atoms with Crippen molar-refractivity contribution in [3.05, 3.63) is 94.1 Å². The van der Waals surface area contributed by atoms with E-state index in [0.29, 0.717) is 26.8 Å². The van der Waals surface area contributed by atoms with E-state index < -0.39 is 5.97 Å². The van der Waals surface area contributed by atoms with Crippen molar-refractivity contribution in [2.75, 3.05) is 0 Å². The Morgan fingerprint density at radius 2 is 1.77 bits per heavy atom. The number of carbonyl (C=O) groups is 2. The molecule has 6 nitrogen and oxygen atoms in total. The molecule has 0 fully saturated rings. The molecule has 0 aliphatic rings. The summed E-state index contributed by atoms with van der Waals surface area (Å²) < 4.78 is 6.46. The Balaban J connectivity index is 1.51. The molecule has 30 heavy (non-hydrogen) atoms. The first-order valence-corrected chi connectivity index (χ1v) is 10.0. The van der Waals surface area contributed by atoms with Crippen LogP contribution in [0.15, 0.2) is 78.2 Å². The van der Waals surface area contributed by atoms with Crippen LogP contribution in [0.1, 0.15) is 25.6 Å². The van der Waals surface area contributed by atoms with E-state index in [4.69, 9.17) is 16.3 Å². The topological polar surface area (TPSA) is 80.6 Å². The molecule has 2 aromatic heterocycles. The van der Waals surface area contributed by atoms with Gasteiger partial charge in [0.15, 0.2) is 0 Å². The maximum Gasteiger partial charge on any atom is 0.355 e. The Labute approximate surface area is 180 Å². The number of halogens is 1. The number of pyridine rings is 1. The quantitative estimate of drug-likeness (QED) is 0.208. The summed E-state index contributed by atoms with van der Waals surface area (Å²) in [6.07, 6.45) is 4.45. The minimum absolute atomic E-state index is 0.304. The number of thiophene rings is 1. The van der Waals surface area contributed by atoms with Crippen molar-refractivity contribution < 1.29 is 14.3 Å². The highest BCUT2D eigenvalue weighted by atomic mass is 35.5. The lowest BCUT2D eigenvalue weighted by Crippen LogP contribution is -2.17. The van der Waals surface area contributed by atoms with Gasteiger partial charge in [0.2, 0.25) is 0 Å². The first kappa shape index (κ1) is 19.8. The van der Waals surface area contributed by atoms with Crippen molar-refractivity contribution in [3.8, 4) is 5.75 Å². The molecule has 0 atom stereocenters. The molecular formula is C22H14ClN3O3S. The zero-order valence-corrected chi connectivity index (χ0v) is 17.0. The summed E-state index contributed by atoms with van der Waals surface area (Å²) >= 11 is 7.64. The van der Waals surface area contributed by atoms with E-state index >= 15 is 0 Å². The summed E-state index contributed by atoms with van der Waals surface area (Å²) in [5.74, 6) is -0.624. The van der Waals surface area contributed by atoms with Gasteiger partial charge in [0, 0.05) is 33.6 Å². The highest BCUT2D eigenvalue weighted by Crippen LogP contribution is 2.35. The molecule has 2 aromatic carbocycles. The van der Waals surface area contributed by atoms with Crippen molar-refractivity contribution in [1.82, 2.24) is 10.4 Å². The minimum Gasteiger partial charge on any atom is -0.422 e. The molecule has 0 spiro atoms. The van der Waals surface area contributed by atoms with E-state index in [0.717, 1.165) is 10.1 Å². The Kier molecular flexibility index (Phi) is 5.83. The van der Waals surface area contributed by atoms with E-state index in [9.17, 15) is 9.59 Å². The number of hydrazone groups is 1. The molecule has 1 N–H and O–H groups in total. The van der Waals surface area contributed by atoms with Crippen molar-refractivity contribution in [2.24, 2.45) is 5.10 Å². The lowest BCUT2D eigenvalue weighted by Gasteiger charge is -2.06. The van der Waals surface area contributed by atoms with Crippen LogP contribution >= 0.6 is 22.9 Å². The number of carbonyl (C=O) groups excluding carboxylic acids is 2. The molecule has 0 aliphatic carbocycles. The van der Waals surface area contributed by atoms with E-state index in [2.05, 4.69) is 15.5 Å². The molecular weight excluding hydrogens is 422 g/mol. The third-order valence-corrected chi connectivity index (χ3v) is 5.81. The van der Waals surface area contributed by atoms with Gasteiger partial charge in [-0.25, -0.2) is 10.2 Å². The number of esters is 1. The summed E-state index contributed by atoms with van der Waals surface area (Å²) in [5.41, 5.74) is 3.39. The number of hydrogen-bond acceptors (Lipinski definition) is 6. The van der Waals surface area contributed by atoms with Crippen molar-refractivity contribution >= 4 is 51.1 Å². The Morgan fingerprint density at radius 3 is 2.57 bits per heavy atom. The zero-order chi connectivity index (χ0) is 20.9. The number of nitrogens with one attached hydrogen (secondary N) is 1. The molecule has 8 heteroatoms. The molecule has 4 aromatic rings. The second kappa shape index (κ2) is 8.86. The lowest BCUT2D eigenvalue weighted by molar-refractivity contribution is 0.0739. The summed E-state index contributed by atoms with van der Waals surface area (Å²) in [7, 11) is 0. The maximum atomic E-state index is 12.7. The van der Waals surface area contributed by atoms with Gasteiger partial charge < -0.3 is 4.74 Å². The fraction of sp³-hybridized carbons (Fsp3) is 0. The van der Waals surface area contributed by atoms with Gasteiger partial charge in [-0.1, -0.05) is 41.9 Å². The standard InChI is InChI=1S/C22H14ClN3O3S/c23-19-16-6-2-4-8-18(16)30-20(19)22(28)29-17-7-3-1-5-15(17)13-25-26-21(27)14-9-11-24-12-10-14/h1-13H,(H,26,27). The van der Waals surface area contributed by atoms with E-state index in [1.165, 1.54) is 29.9 Å². The molecule has 1 amide bonds. The maximum absolute atomic E-state index is 12.7. The first-order chi connectivity index (χ1) is 14.6. The molecule has 0 radical (unpaired) electrons. The number of hydrogen-bond donors (Lipinski definition) is 1. The van der Waals surface area contributed by atoms with E-state index in [1.807, 2.05) is 24.3 Å². The van der Waals surface area contributed by atoms with Crippen LogP contribution < -0.4 is 10.2 Å². The predicted molar refractivity (Wildman–Crippen MR) is 118 cm³/mol.